The molecule has 110 valence electrons. The zero-order valence-electron chi connectivity index (χ0n) is 11.4. The highest BCUT2D eigenvalue weighted by molar-refractivity contribution is 5.75. The molecule has 0 radical (unpaired) electrons. The van der Waals surface area contributed by atoms with Gasteiger partial charge in [-0.25, -0.2) is 0 Å². The van der Waals surface area contributed by atoms with Gasteiger partial charge in [0, 0.05) is 0 Å². The average Bonchev–Trinajstić information content (AvgIpc) is 2.43. The lowest BCUT2D eigenvalue weighted by atomic mass is 10.1. The van der Waals surface area contributed by atoms with E-state index in [-0.39, 0.29) is 23.6 Å². The quantitative estimate of drug-likeness (QED) is 0.471. The van der Waals surface area contributed by atoms with Crippen molar-refractivity contribution in [3.63, 3.8) is 0 Å². The van der Waals surface area contributed by atoms with Crippen LogP contribution in [0.15, 0.2) is 12.1 Å². The number of benzene rings is 1. The van der Waals surface area contributed by atoms with Crippen molar-refractivity contribution in [2.45, 2.75) is 19.6 Å². The molecule has 0 bridgehead atoms. The van der Waals surface area contributed by atoms with Crippen LogP contribution in [0.5, 0.6) is 11.5 Å². The average molecular weight is 284 g/mol. The summed E-state index contributed by atoms with van der Waals surface area (Å²) in [5, 5.41) is 11.0. The van der Waals surface area contributed by atoms with Gasteiger partial charge in [0.2, 0.25) is 0 Å². The highest BCUT2D eigenvalue weighted by Gasteiger charge is 2.21. The van der Waals surface area contributed by atoms with E-state index in [1.807, 2.05) is 0 Å². The highest BCUT2D eigenvalue weighted by Crippen LogP contribution is 2.34. The van der Waals surface area contributed by atoms with Gasteiger partial charge in [-0.2, -0.15) is 0 Å². The Morgan fingerprint density at radius 3 is 2.35 bits per heavy atom. The molecule has 1 rings (SSSR count). The van der Waals surface area contributed by atoms with Gasteiger partial charge in [0.05, 0.1) is 30.8 Å². The van der Waals surface area contributed by atoms with Crippen LogP contribution in [0.25, 0.3) is 0 Å². The molecule has 0 heterocycles. The molecule has 0 saturated heterocycles. The molecule has 8 nitrogen and oxygen atoms in total. The fourth-order valence-electron chi connectivity index (χ4n) is 1.48. The lowest BCUT2D eigenvalue weighted by molar-refractivity contribution is -0.385. The van der Waals surface area contributed by atoms with E-state index >= 15 is 0 Å². The maximum Gasteiger partial charge on any atom is 0.322 e. The summed E-state index contributed by atoms with van der Waals surface area (Å²) in [6.45, 7) is 1.20. The van der Waals surface area contributed by atoms with Crippen LogP contribution in [0, 0.1) is 10.1 Å². The van der Waals surface area contributed by atoms with E-state index in [9.17, 15) is 14.9 Å². The first-order valence-corrected chi connectivity index (χ1v) is 5.72. The predicted octanol–water partition coefficient (Wildman–Crippen LogP) is 1.00. The molecule has 1 atom stereocenters. The molecule has 0 spiro atoms. The largest absolute Gasteiger partial charge is 0.493 e. The number of nitrogens with zero attached hydrogens (tertiary/aromatic N) is 1. The Bertz CT molecular complexity index is 515. The second-order valence-electron chi connectivity index (χ2n) is 3.99. The van der Waals surface area contributed by atoms with E-state index in [4.69, 9.17) is 19.9 Å². The number of ether oxygens (including phenoxy) is 3. The monoisotopic (exact) mass is 284 g/mol. The van der Waals surface area contributed by atoms with Gasteiger partial charge in [-0.3, -0.25) is 14.9 Å². The summed E-state index contributed by atoms with van der Waals surface area (Å²) in [4.78, 5) is 21.7. The zero-order chi connectivity index (χ0) is 15.3. The van der Waals surface area contributed by atoms with Crippen molar-refractivity contribution in [1.29, 1.82) is 0 Å². The topological polar surface area (TPSA) is 114 Å². The summed E-state index contributed by atoms with van der Waals surface area (Å²) >= 11 is 0. The van der Waals surface area contributed by atoms with Crippen LogP contribution in [0.2, 0.25) is 0 Å². The molecule has 0 saturated carbocycles. The van der Waals surface area contributed by atoms with Crippen LogP contribution >= 0.6 is 0 Å². The van der Waals surface area contributed by atoms with E-state index < -0.39 is 16.9 Å². The Labute approximate surface area is 115 Å². The molecule has 0 aliphatic carbocycles. The molecule has 20 heavy (non-hydrogen) atoms. The van der Waals surface area contributed by atoms with Crippen molar-refractivity contribution in [3.05, 3.63) is 27.8 Å². The van der Waals surface area contributed by atoms with Gasteiger partial charge in [-0.1, -0.05) is 0 Å². The maximum absolute atomic E-state index is 11.3. The number of nitrogens with two attached hydrogens (primary N) is 1. The van der Waals surface area contributed by atoms with Crippen molar-refractivity contribution in [3.8, 4) is 11.5 Å². The number of carbonyl (C=O) groups is 1. The van der Waals surface area contributed by atoms with E-state index in [0.717, 1.165) is 0 Å². The van der Waals surface area contributed by atoms with Crippen molar-refractivity contribution < 1.29 is 23.9 Å². The van der Waals surface area contributed by atoms with Crippen LogP contribution in [0.3, 0.4) is 0 Å². The van der Waals surface area contributed by atoms with E-state index in [0.29, 0.717) is 5.75 Å². The summed E-state index contributed by atoms with van der Waals surface area (Å²) < 4.78 is 14.9. The molecule has 0 amide bonds. The van der Waals surface area contributed by atoms with E-state index in [1.165, 1.54) is 33.3 Å². The van der Waals surface area contributed by atoms with Crippen molar-refractivity contribution in [2.75, 3.05) is 14.2 Å². The molecule has 0 unspecified atom stereocenters. The Kier molecular flexibility index (Phi) is 5.27. The number of hydrogen-bond donors (Lipinski definition) is 1. The highest BCUT2D eigenvalue weighted by atomic mass is 16.6. The minimum Gasteiger partial charge on any atom is -0.493 e. The number of nitro benzene ring substituents is 1. The lowest BCUT2D eigenvalue weighted by Crippen LogP contribution is -2.28. The maximum atomic E-state index is 11.3. The third-order valence-corrected chi connectivity index (χ3v) is 2.52. The van der Waals surface area contributed by atoms with Crippen LogP contribution in [-0.2, 0) is 16.1 Å². The predicted molar refractivity (Wildman–Crippen MR) is 69.6 cm³/mol. The summed E-state index contributed by atoms with van der Waals surface area (Å²) in [6, 6.07) is 1.81. The molecule has 1 aromatic rings. The number of rotatable bonds is 6. The molecular weight excluding hydrogens is 268 g/mol. The fraction of sp³-hybridized carbons (Fsp3) is 0.417. The number of carbonyl (C=O) groups excluding carboxylic acids is 1. The van der Waals surface area contributed by atoms with Crippen molar-refractivity contribution in [2.24, 2.45) is 5.73 Å². The summed E-state index contributed by atoms with van der Waals surface area (Å²) in [7, 11) is 2.78. The molecule has 8 heteroatoms. The molecule has 0 aromatic heterocycles. The minimum atomic E-state index is -0.797. The lowest BCUT2D eigenvalue weighted by Gasteiger charge is -2.11. The van der Waals surface area contributed by atoms with Gasteiger partial charge < -0.3 is 19.9 Å². The first-order chi connectivity index (χ1) is 9.40. The minimum absolute atomic E-state index is 0.196. The first kappa shape index (κ1) is 15.7. The smallest absolute Gasteiger partial charge is 0.322 e. The van der Waals surface area contributed by atoms with Gasteiger partial charge in [0.25, 0.3) is 5.69 Å². The second kappa shape index (κ2) is 6.71. The molecule has 2 N–H and O–H groups in total. The third-order valence-electron chi connectivity index (χ3n) is 2.52. The Balaban J connectivity index is 3.09. The Morgan fingerprint density at radius 2 is 1.90 bits per heavy atom. The third kappa shape index (κ3) is 3.58. The van der Waals surface area contributed by atoms with Crippen LogP contribution in [0.1, 0.15) is 12.5 Å². The van der Waals surface area contributed by atoms with Crippen LogP contribution in [-0.4, -0.2) is 31.2 Å². The second-order valence-corrected chi connectivity index (χ2v) is 3.99. The molecule has 1 aromatic carbocycles. The number of nitro groups is 1. The van der Waals surface area contributed by atoms with Gasteiger partial charge in [-0.15, -0.1) is 0 Å². The van der Waals surface area contributed by atoms with Crippen molar-refractivity contribution in [1.82, 2.24) is 0 Å². The summed E-state index contributed by atoms with van der Waals surface area (Å²) in [5.41, 5.74) is 5.32. The summed E-state index contributed by atoms with van der Waals surface area (Å²) in [6.07, 6.45) is 0. The number of methoxy groups -OCH3 is 2. The van der Waals surface area contributed by atoms with Gasteiger partial charge in [-0.05, 0) is 13.0 Å². The normalized spacial score (nSPS) is 11.6. The Hall–Kier alpha value is -2.35. The van der Waals surface area contributed by atoms with Gasteiger partial charge in [0.15, 0.2) is 11.5 Å². The standard InChI is InChI=1S/C12H16N2O6/c1-7(13)12(15)20-6-8-4-10(18-2)11(19-3)5-9(8)14(16)17/h4-5,7H,6,13H2,1-3H3/t7-/m0/s1. The van der Waals surface area contributed by atoms with Crippen molar-refractivity contribution >= 4 is 11.7 Å². The number of hydrogen-bond acceptors (Lipinski definition) is 7. The molecular formula is C12H16N2O6. The van der Waals surface area contributed by atoms with E-state index in [1.54, 1.807) is 0 Å². The molecule has 0 aliphatic heterocycles. The van der Waals surface area contributed by atoms with E-state index in [2.05, 4.69) is 0 Å². The summed E-state index contributed by atoms with van der Waals surface area (Å²) in [5.74, 6) is -0.111. The number of esters is 1. The van der Waals surface area contributed by atoms with Gasteiger partial charge in [0.1, 0.15) is 12.6 Å². The first-order valence-electron chi connectivity index (χ1n) is 5.72. The SMILES string of the molecule is COc1cc(COC(=O)[C@H](C)N)c([N+](=O)[O-])cc1OC. The Morgan fingerprint density at radius 1 is 1.35 bits per heavy atom. The zero-order valence-corrected chi connectivity index (χ0v) is 11.4. The van der Waals surface area contributed by atoms with Gasteiger partial charge >= 0.3 is 5.97 Å². The molecule has 0 aliphatic rings. The molecule has 0 fully saturated rings. The van der Waals surface area contributed by atoms with Crippen LogP contribution in [0.4, 0.5) is 5.69 Å². The fourth-order valence-corrected chi connectivity index (χ4v) is 1.48. The van der Waals surface area contributed by atoms with Crippen LogP contribution < -0.4 is 15.2 Å².